The number of fused-ring (bicyclic) bond motifs is 1. The van der Waals surface area contributed by atoms with Crippen molar-refractivity contribution < 1.29 is 23.5 Å². The zero-order valence-electron chi connectivity index (χ0n) is 19.5. The molecular weight excluding hydrogens is 466 g/mol. The molecule has 3 aromatic rings. The van der Waals surface area contributed by atoms with Crippen LogP contribution in [0.2, 0.25) is 0 Å². The molecule has 7 nitrogen and oxygen atoms in total. The number of nitrogens with zero attached hydrogens (tertiary/aromatic N) is 3. The molecule has 1 aromatic heterocycles. The van der Waals surface area contributed by atoms with Gasteiger partial charge in [0.15, 0.2) is 0 Å². The zero-order valence-corrected chi connectivity index (χ0v) is 19.5. The van der Waals surface area contributed by atoms with Gasteiger partial charge >= 0.3 is 5.97 Å². The first-order chi connectivity index (χ1) is 17.4. The summed E-state index contributed by atoms with van der Waals surface area (Å²) < 4.78 is 29.1. The second-order valence-electron chi connectivity index (χ2n) is 9.37. The van der Waals surface area contributed by atoms with Crippen molar-refractivity contribution in [1.29, 1.82) is 0 Å². The van der Waals surface area contributed by atoms with Crippen LogP contribution in [0.25, 0.3) is 6.08 Å². The van der Waals surface area contributed by atoms with Crippen molar-refractivity contribution in [2.45, 2.75) is 44.7 Å². The molecule has 1 amide bonds. The number of amides is 1. The fourth-order valence-corrected chi connectivity index (χ4v) is 4.99. The Morgan fingerprint density at radius 1 is 1.06 bits per heavy atom. The van der Waals surface area contributed by atoms with Gasteiger partial charge in [-0.1, -0.05) is 12.1 Å². The predicted molar refractivity (Wildman–Crippen MR) is 131 cm³/mol. The summed E-state index contributed by atoms with van der Waals surface area (Å²) in [5, 5.41) is 11.4. The van der Waals surface area contributed by atoms with E-state index in [1.54, 1.807) is 12.3 Å². The van der Waals surface area contributed by atoms with Gasteiger partial charge in [-0.2, -0.15) is 0 Å². The normalized spacial score (nSPS) is 19.1. The number of hydrogen-bond donors (Lipinski definition) is 2. The van der Waals surface area contributed by atoms with E-state index in [0.717, 1.165) is 49.6 Å². The molecule has 1 saturated carbocycles. The maximum Gasteiger partial charge on any atom is 0.303 e. The lowest BCUT2D eigenvalue weighted by molar-refractivity contribution is -0.138. The highest BCUT2D eigenvalue weighted by Crippen LogP contribution is 2.37. The van der Waals surface area contributed by atoms with Crippen LogP contribution in [0.3, 0.4) is 0 Å². The Kier molecular flexibility index (Phi) is 6.54. The summed E-state index contributed by atoms with van der Waals surface area (Å²) in [7, 11) is 0. The summed E-state index contributed by atoms with van der Waals surface area (Å²) in [6.45, 7) is 0.445. The molecule has 1 fully saturated rings. The average Bonchev–Trinajstić information content (AvgIpc) is 3.30. The Morgan fingerprint density at radius 3 is 2.53 bits per heavy atom. The first-order valence-electron chi connectivity index (χ1n) is 12.0. The van der Waals surface area contributed by atoms with Crippen LogP contribution >= 0.6 is 0 Å². The molecule has 0 spiro atoms. The van der Waals surface area contributed by atoms with E-state index >= 15 is 0 Å². The van der Waals surface area contributed by atoms with Gasteiger partial charge in [0.1, 0.15) is 29.8 Å². The monoisotopic (exact) mass is 492 g/mol. The molecule has 0 atom stereocenters. The van der Waals surface area contributed by atoms with Crippen molar-refractivity contribution >= 4 is 29.3 Å². The number of nitrogens with one attached hydrogen (secondary N) is 1. The SMILES string of the molecule is O=C(O)CC1CCC(c2ccc(N3C=Cc4nc(C(=O)Nc5cc(F)ccc5F)cn4C3)cc2)CC1. The van der Waals surface area contributed by atoms with Gasteiger partial charge in [-0.05, 0) is 73.4 Å². The van der Waals surface area contributed by atoms with E-state index in [1.165, 1.54) is 5.56 Å². The predicted octanol–water partition coefficient (Wildman–Crippen LogP) is 5.61. The molecule has 1 aliphatic heterocycles. The number of carboxylic acids is 1. The lowest BCUT2D eigenvalue weighted by Gasteiger charge is -2.29. The molecule has 1 aliphatic carbocycles. The van der Waals surface area contributed by atoms with Crippen molar-refractivity contribution in [3.8, 4) is 0 Å². The molecule has 2 N–H and O–H groups in total. The number of anilines is 2. The van der Waals surface area contributed by atoms with Crippen LogP contribution in [0.15, 0.2) is 54.9 Å². The number of benzene rings is 2. The van der Waals surface area contributed by atoms with Gasteiger partial charge in [-0.25, -0.2) is 13.8 Å². The fourth-order valence-electron chi connectivity index (χ4n) is 4.99. The van der Waals surface area contributed by atoms with Crippen LogP contribution in [0.5, 0.6) is 0 Å². The largest absolute Gasteiger partial charge is 0.481 e. The van der Waals surface area contributed by atoms with Gasteiger partial charge < -0.3 is 19.9 Å². The van der Waals surface area contributed by atoms with E-state index in [0.29, 0.717) is 18.4 Å². The van der Waals surface area contributed by atoms with Gasteiger partial charge in [0.25, 0.3) is 5.91 Å². The number of aromatic nitrogens is 2. The Bertz CT molecular complexity index is 1310. The molecule has 0 saturated heterocycles. The van der Waals surface area contributed by atoms with Gasteiger partial charge in [0, 0.05) is 30.6 Å². The van der Waals surface area contributed by atoms with Crippen LogP contribution in [0.4, 0.5) is 20.2 Å². The van der Waals surface area contributed by atoms with Gasteiger partial charge in [-0.3, -0.25) is 9.59 Å². The van der Waals surface area contributed by atoms with E-state index in [2.05, 4.69) is 34.6 Å². The number of carboxylic acid groups (broad SMARTS) is 1. The van der Waals surface area contributed by atoms with Crippen molar-refractivity contribution in [2.75, 3.05) is 10.2 Å². The Morgan fingerprint density at radius 2 is 1.81 bits per heavy atom. The number of hydrogen-bond acceptors (Lipinski definition) is 4. The number of rotatable bonds is 6. The van der Waals surface area contributed by atoms with Crippen molar-refractivity contribution in [1.82, 2.24) is 9.55 Å². The lowest BCUT2D eigenvalue weighted by atomic mass is 9.77. The van der Waals surface area contributed by atoms with Crippen molar-refractivity contribution in [3.63, 3.8) is 0 Å². The van der Waals surface area contributed by atoms with Crippen molar-refractivity contribution in [2.24, 2.45) is 5.92 Å². The number of carbonyl (C=O) groups is 2. The maximum absolute atomic E-state index is 13.9. The topological polar surface area (TPSA) is 87.5 Å². The van der Waals surface area contributed by atoms with E-state index in [1.807, 2.05) is 15.7 Å². The number of carbonyl (C=O) groups excluding carboxylic acids is 1. The van der Waals surface area contributed by atoms with E-state index in [4.69, 9.17) is 5.11 Å². The molecule has 186 valence electrons. The van der Waals surface area contributed by atoms with E-state index < -0.39 is 23.5 Å². The molecule has 2 aromatic carbocycles. The zero-order chi connectivity index (χ0) is 25.2. The molecule has 0 bridgehead atoms. The highest BCUT2D eigenvalue weighted by atomic mass is 19.1. The molecule has 36 heavy (non-hydrogen) atoms. The van der Waals surface area contributed by atoms with E-state index in [9.17, 15) is 18.4 Å². The van der Waals surface area contributed by atoms with Gasteiger partial charge in [0.2, 0.25) is 0 Å². The first-order valence-corrected chi connectivity index (χ1v) is 12.0. The summed E-state index contributed by atoms with van der Waals surface area (Å²) in [5.41, 5.74) is 2.12. The lowest BCUT2D eigenvalue weighted by Crippen LogP contribution is -2.23. The van der Waals surface area contributed by atoms with Gasteiger partial charge in [-0.15, -0.1) is 0 Å². The number of aliphatic carboxylic acids is 1. The molecule has 2 heterocycles. The summed E-state index contributed by atoms with van der Waals surface area (Å²) in [5.74, 6) is -1.39. The van der Waals surface area contributed by atoms with Crippen molar-refractivity contribution in [3.05, 3.63) is 83.6 Å². The Hall–Kier alpha value is -4.01. The highest BCUT2D eigenvalue weighted by molar-refractivity contribution is 6.03. The fraction of sp³-hybridized carbons (Fsp3) is 0.296. The standard InChI is InChI=1S/C27H26F2N4O3/c28-20-7-10-22(29)23(14-20)31-27(36)24-15-33-16-32(12-11-25(33)30-24)21-8-5-19(6-9-21)18-3-1-17(2-4-18)13-26(34)35/h5-12,14-15,17-18H,1-4,13,16H2,(H,31,36)(H,34,35). The quantitative estimate of drug-likeness (QED) is 0.467. The third kappa shape index (κ3) is 5.15. The summed E-state index contributed by atoms with van der Waals surface area (Å²) in [6, 6.07) is 11.2. The summed E-state index contributed by atoms with van der Waals surface area (Å²) >= 11 is 0. The third-order valence-electron chi connectivity index (χ3n) is 6.93. The number of imidazole rings is 1. The Balaban J connectivity index is 1.22. The highest BCUT2D eigenvalue weighted by Gasteiger charge is 2.24. The minimum absolute atomic E-state index is 0.106. The molecule has 5 rings (SSSR count). The molecule has 0 radical (unpaired) electrons. The summed E-state index contributed by atoms with van der Waals surface area (Å²) in [4.78, 5) is 29.9. The van der Waals surface area contributed by atoms with Crippen LogP contribution in [0.1, 0.15) is 59.9 Å². The first kappa shape index (κ1) is 23.7. The van der Waals surface area contributed by atoms with Crippen LogP contribution < -0.4 is 10.2 Å². The maximum atomic E-state index is 13.9. The summed E-state index contributed by atoms with van der Waals surface area (Å²) in [6.07, 6.45) is 9.42. The molecule has 9 heteroatoms. The smallest absolute Gasteiger partial charge is 0.303 e. The average molecular weight is 493 g/mol. The molecule has 2 aliphatic rings. The third-order valence-corrected chi connectivity index (χ3v) is 6.93. The van der Waals surface area contributed by atoms with Crippen LogP contribution in [-0.2, 0) is 11.5 Å². The molecule has 0 unspecified atom stereocenters. The van der Waals surface area contributed by atoms with Gasteiger partial charge in [0.05, 0.1) is 5.69 Å². The second kappa shape index (κ2) is 9.93. The Labute approximate surface area is 207 Å². The van der Waals surface area contributed by atoms with Crippen LogP contribution in [-0.4, -0.2) is 26.5 Å². The number of halogens is 2. The second-order valence-corrected chi connectivity index (χ2v) is 9.37. The minimum atomic E-state index is -0.725. The minimum Gasteiger partial charge on any atom is -0.481 e. The van der Waals surface area contributed by atoms with E-state index in [-0.39, 0.29) is 23.7 Å². The van der Waals surface area contributed by atoms with Crippen LogP contribution in [0, 0.1) is 17.6 Å². The molecular formula is C27H26F2N4O3.